The quantitative estimate of drug-likeness (QED) is 0.345. The SMILES string of the molecule is CCOC(=O)C1=C(c2ccccc2)N=c2s/c(=C/c3cc4c(cc3Cl)OCO4)c(=O)n2C1c1cccs1. The number of nitrogens with zero attached hydrogens (tertiary/aromatic N) is 2. The zero-order valence-corrected chi connectivity index (χ0v) is 21.9. The van der Waals surface area contributed by atoms with Gasteiger partial charge in [-0.2, -0.15) is 0 Å². The number of hydrogen-bond donors (Lipinski definition) is 0. The Balaban J connectivity index is 1.61. The van der Waals surface area contributed by atoms with Gasteiger partial charge >= 0.3 is 5.97 Å². The molecule has 2 aromatic heterocycles. The molecule has 4 aromatic rings. The van der Waals surface area contributed by atoms with Crippen molar-refractivity contribution in [2.75, 3.05) is 13.4 Å². The summed E-state index contributed by atoms with van der Waals surface area (Å²) in [7, 11) is 0. The lowest BCUT2D eigenvalue weighted by atomic mass is 9.97. The van der Waals surface area contributed by atoms with Gasteiger partial charge in [-0.1, -0.05) is 59.3 Å². The van der Waals surface area contributed by atoms with E-state index in [0.717, 1.165) is 10.4 Å². The van der Waals surface area contributed by atoms with Crippen LogP contribution in [0.2, 0.25) is 5.02 Å². The molecule has 0 amide bonds. The zero-order valence-electron chi connectivity index (χ0n) is 19.5. The first-order chi connectivity index (χ1) is 18.0. The molecular formula is C27H19ClN2O5S2. The van der Waals surface area contributed by atoms with Gasteiger partial charge in [-0.25, -0.2) is 9.79 Å². The van der Waals surface area contributed by atoms with E-state index < -0.39 is 12.0 Å². The molecule has 0 saturated carbocycles. The first-order valence-corrected chi connectivity index (χ1v) is 13.5. The van der Waals surface area contributed by atoms with Crippen molar-refractivity contribution >= 4 is 52.0 Å². The third-order valence-corrected chi connectivity index (χ3v) is 8.20. The van der Waals surface area contributed by atoms with Crippen LogP contribution in [0.3, 0.4) is 0 Å². The smallest absolute Gasteiger partial charge is 0.338 e. The van der Waals surface area contributed by atoms with Crippen LogP contribution in [0.25, 0.3) is 11.8 Å². The topological polar surface area (TPSA) is 79.1 Å². The Kier molecular flexibility index (Phi) is 6.19. The van der Waals surface area contributed by atoms with Crippen LogP contribution >= 0.6 is 34.3 Å². The van der Waals surface area contributed by atoms with E-state index in [0.29, 0.717) is 42.7 Å². The number of esters is 1. The van der Waals surface area contributed by atoms with Gasteiger partial charge in [0.1, 0.15) is 6.04 Å². The molecule has 0 spiro atoms. The molecule has 2 aliphatic heterocycles. The number of halogens is 1. The van der Waals surface area contributed by atoms with Crippen molar-refractivity contribution in [2.24, 2.45) is 4.99 Å². The maximum atomic E-state index is 13.9. The second kappa shape index (κ2) is 9.66. The highest BCUT2D eigenvalue weighted by Crippen LogP contribution is 2.38. The molecule has 1 unspecified atom stereocenters. The van der Waals surface area contributed by atoms with Crippen LogP contribution in [0.4, 0.5) is 0 Å². The fraction of sp³-hybridized carbons (Fsp3) is 0.148. The molecule has 10 heteroatoms. The van der Waals surface area contributed by atoms with Crippen molar-refractivity contribution in [1.82, 2.24) is 4.57 Å². The van der Waals surface area contributed by atoms with Crippen LogP contribution in [0, 0.1) is 0 Å². The highest BCUT2D eigenvalue weighted by molar-refractivity contribution is 7.10. The minimum absolute atomic E-state index is 0.122. The summed E-state index contributed by atoms with van der Waals surface area (Å²) in [5, 5.41) is 2.35. The molecule has 186 valence electrons. The predicted octanol–water partition coefficient (Wildman–Crippen LogP) is 4.38. The van der Waals surface area contributed by atoms with Gasteiger partial charge in [0.25, 0.3) is 5.56 Å². The Labute approximate surface area is 224 Å². The van der Waals surface area contributed by atoms with E-state index in [1.54, 1.807) is 29.7 Å². The van der Waals surface area contributed by atoms with E-state index in [-0.39, 0.29) is 19.0 Å². The van der Waals surface area contributed by atoms with Crippen molar-refractivity contribution in [3.05, 3.63) is 106 Å². The third-order valence-electron chi connectivity index (χ3n) is 5.96. The van der Waals surface area contributed by atoms with Gasteiger partial charge in [-0.15, -0.1) is 11.3 Å². The number of thiazole rings is 1. The minimum Gasteiger partial charge on any atom is -0.463 e. The molecule has 0 bridgehead atoms. The largest absolute Gasteiger partial charge is 0.463 e. The van der Waals surface area contributed by atoms with Gasteiger partial charge in [-0.05, 0) is 36.1 Å². The van der Waals surface area contributed by atoms with Crippen LogP contribution in [0.1, 0.15) is 29.0 Å². The van der Waals surface area contributed by atoms with Gasteiger partial charge in [0.05, 0.1) is 27.4 Å². The van der Waals surface area contributed by atoms with Gasteiger partial charge in [-0.3, -0.25) is 9.36 Å². The summed E-state index contributed by atoms with van der Waals surface area (Å²) in [6.45, 7) is 2.08. The standard InChI is InChI=1S/C27H19ClN2O5S2/c1-2-33-26(32)22-23(15-7-4-3-5-8-15)29-27-30(24(22)20-9-6-10-36-20)25(31)21(37-27)12-16-11-18-19(13-17(16)28)35-14-34-18/h3-13,24H,2,14H2,1H3/b21-12+. The highest BCUT2D eigenvalue weighted by atomic mass is 35.5. The highest BCUT2D eigenvalue weighted by Gasteiger charge is 2.35. The number of carbonyl (C=O) groups is 1. The molecule has 0 saturated heterocycles. The second-order valence-corrected chi connectivity index (χ2v) is 10.6. The summed E-state index contributed by atoms with van der Waals surface area (Å²) in [5.41, 5.74) is 1.94. The van der Waals surface area contributed by atoms with Crippen molar-refractivity contribution in [2.45, 2.75) is 13.0 Å². The number of fused-ring (bicyclic) bond motifs is 2. The van der Waals surface area contributed by atoms with Crippen LogP contribution in [0.15, 0.2) is 75.3 Å². The molecule has 2 aliphatic rings. The fourth-order valence-electron chi connectivity index (χ4n) is 4.34. The van der Waals surface area contributed by atoms with Gasteiger partial charge in [0.15, 0.2) is 16.3 Å². The van der Waals surface area contributed by atoms with E-state index in [4.69, 9.17) is 30.8 Å². The van der Waals surface area contributed by atoms with E-state index in [1.807, 2.05) is 47.8 Å². The Morgan fingerprint density at radius 3 is 2.70 bits per heavy atom. The van der Waals surface area contributed by atoms with E-state index >= 15 is 0 Å². The van der Waals surface area contributed by atoms with Gasteiger partial charge in [0, 0.05) is 16.5 Å². The maximum Gasteiger partial charge on any atom is 0.338 e. The molecule has 0 fully saturated rings. The number of carbonyl (C=O) groups excluding carboxylic acids is 1. The maximum absolute atomic E-state index is 13.9. The summed E-state index contributed by atoms with van der Waals surface area (Å²) >= 11 is 9.20. The number of ether oxygens (including phenoxy) is 3. The molecule has 6 rings (SSSR count). The number of thiophene rings is 1. The third kappa shape index (κ3) is 4.19. The van der Waals surface area contributed by atoms with Crippen LogP contribution in [-0.4, -0.2) is 23.9 Å². The minimum atomic E-state index is -0.681. The summed E-state index contributed by atoms with van der Waals surface area (Å²) in [4.78, 5) is 33.4. The fourth-order valence-corrected chi connectivity index (χ4v) is 6.36. The lowest BCUT2D eigenvalue weighted by Crippen LogP contribution is -2.39. The number of benzene rings is 2. The molecule has 37 heavy (non-hydrogen) atoms. The number of rotatable bonds is 5. The summed E-state index contributed by atoms with van der Waals surface area (Å²) in [6.07, 6.45) is 1.72. The molecule has 0 aliphatic carbocycles. The second-order valence-electron chi connectivity index (χ2n) is 8.17. The lowest BCUT2D eigenvalue weighted by Gasteiger charge is -2.24. The average molecular weight is 551 g/mol. The van der Waals surface area contributed by atoms with Crippen molar-refractivity contribution in [3.63, 3.8) is 0 Å². The molecule has 1 atom stereocenters. The van der Waals surface area contributed by atoms with Crippen LogP contribution in [0.5, 0.6) is 11.5 Å². The average Bonchev–Trinajstić information content (AvgIpc) is 3.65. The Morgan fingerprint density at radius 1 is 1.19 bits per heavy atom. The summed E-state index contributed by atoms with van der Waals surface area (Å²) in [5.74, 6) is 0.625. The molecule has 7 nitrogen and oxygen atoms in total. The monoisotopic (exact) mass is 550 g/mol. The van der Waals surface area contributed by atoms with Gasteiger partial charge < -0.3 is 14.2 Å². The molecular weight excluding hydrogens is 532 g/mol. The van der Waals surface area contributed by atoms with Crippen molar-refractivity contribution < 1.29 is 19.0 Å². The van der Waals surface area contributed by atoms with Gasteiger partial charge in [0.2, 0.25) is 6.79 Å². The van der Waals surface area contributed by atoms with Crippen molar-refractivity contribution in [3.8, 4) is 11.5 Å². The number of aromatic nitrogens is 1. The normalized spacial score (nSPS) is 16.5. The zero-order chi connectivity index (χ0) is 25.5. The van der Waals surface area contributed by atoms with E-state index in [2.05, 4.69) is 0 Å². The summed E-state index contributed by atoms with van der Waals surface area (Å²) < 4.78 is 18.3. The molecule has 0 radical (unpaired) electrons. The molecule has 0 N–H and O–H groups in total. The molecule has 2 aromatic carbocycles. The van der Waals surface area contributed by atoms with E-state index in [9.17, 15) is 9.59 Å². The van der Waals surface area contributed by atoms with E-state index in [1.165, 1.54) is 22.7 Å². The van der Waals surface area contributed by atoms with Crippen molar-refractivity contribution in [1.29, 1.82) is 0 Å². The Morgan fingerprint density at radius 2 is 1.97 bits per heavy atom. The number of hydrogen-bond acceptors (Lipinski definition) is 8. The summed E-state index contributed by atoms with van der Waals surface area (Å²) in [6, 6.07) is 16.0. The Bertz CT molecular complexity index is 1720. The molecule has 4 heterocycles. The predicted molar refractivity (Wildman–Crippen MR) is 143 cm³/mol. The van der Waals surface area contributed by atoms with Crippen LogP contribution in [-0.2, 0) is 9.53 Å². The Hall–Kier alpha value is -3.66. The van der Waals surface area contributed by atoms with Crippen LogP contribution < -0.4 is 24.4 Å². The first-order valence-electron chi connectivity index (χ1n) is 11.5. The first kappa shape index (κ1) is 23.7. The lowest BCUT2D eigenvalue weighted by molar-refractivity contribution is -0.138.